The van der Waals surface area contributed by atoms with Crippen LogP contribution >= 0.6 is 0 Å². The molecule has 0 radical (unpaired) electrons. The van der Waals surface area contributed by atoms with Crippen LogP contribution in [0.5, 0.6) is 0 Å². The molecule has 0 spiro atoms. The number of nitrogens with zero attached hydrogens (tertiary/aromatic N) is 2. The fourth-order valence-electron chi connectivity index (χ4n) is 1.19. The van der Waals surface area contributed by atoms with Gasteiger partial charge >= 0.3 is 5.97 Å². The number of likely N-dealkylation sites (N-methyl/N-ethyl adjacent to an activating group) is 1. The maximum Gasteiger partial charge on any atom is 0.328 e. The van der Waals surface area contributed by atoms with E-state index in [1.54, 1.807) is 7.05 Å². The Kier molecular flexibility index (Phi) is 3.62. The van der Waals surface area contributed by atoms with Crippen LogP contribution < -0.4 is 5.32 Å². The Morgan fingerprint density at radius 3 is 2.80 bits per heavy atom. The molecular formula is C8H13N3O4. The molecule has 1 atom stereocenters. The first-order valence-corrected chi connectivity index (χ1v) is 4.47. The van der Waals surface area contributed by atoms with E-state index in [0.29, 0.717) is 0 Å². The number of amides is 1. The van der Waals surface area contributed by atoms with Crippen LogP contribution in [0.2, 0.25) is 0 Å². The molecule has 1 fully saturated rings. The molecule has 0 aromatic heterocycles. The lowest BCUT2D eigenvalue weighted by molar-refractivity contribution is -0.138. The van der Waals surface area contributed by atoms with Crippen molar-refractivity contribution >= 4 is 17.8 Å². The van der Waals surface area contributed by atoms with Gasteiger partial charge in [0.1, 0.15) is 0 Å². The summed E-state index contributed by atoms with van der Waals surface area (Å²) in [5, 5.41) is 19.9. The van der Waals surface area contributed by atoms with Gasteiger partial charge in [0, 0.05) is 20.1 Å². The number of aliphatic hydroxyl groups is 1. The Labute approximate surface area is 86.4 Å². The third-order valence-electron chi connectivity index (χ3n) is 1.96. The second-order valence-corrected chi connectivity index (χ2v) is 3.22. The van der Waals surface area contributed by atoms with Gasteiger partial charge in [-0.2, -0.15) is 0 Å². The van der Waals surface area contributed by atoms with Crippen LogP contribution in [0.1, 0.15) is 6.42 Å². The molecule has 1 rings (SSSR count). The first-order valence-electron chi connectivity index (χ1n) is 4.47. The number of carbonyl (C=O) groups is 2. The highest BCUT2D eigenvalue weighted by Crippen LogP contribution is 2.02. The number of carboxylic acid groups (broad SMARTS) is 1. The Morgan fingerprint density at radius 1 is 1.73 bits per heavy atom. The van der Waals surface area contributed by atoms with Crippen molar-refractivity contribution in [3.63, 3.8) is 0 Å². The van der Waals surface area contributed by atoms with Crippen molar-refractivity contribution in [2.24, 2.45) is 4.99 Å². The molecule has 1 aliphatic rings. The maximum atomic E-state index is 10.9. The lowest BCUT2D eigenvalue weighted by Gasteiger charge is -2.11. The first-order chi connectivity index (χ1) is 7.04. The van der Waals surface area contributed by atoms with Gasteiger partial charge in [0.2, 0.25) is 11.9 Å². The monoisotopic (exact) mass is 215 g/mol. The number of guanidine groups is 1. The number of rotatable bonds is 4. The van der Waals surface area contributed by atoms with E-state index in [4.69, 9.17) is 10.2 Å². The number of aliphatic imine (C=N–C) groups is 1. The maximum absolute atomic E-state index is 10.9. The van der Waals surface area contributed by atoms with Crippen LogP contribution in [-0.4, -0.2) is 59.2 Å². The van der Waals surface area contributed by atoms with Crippen LogP contribution in [0.4, 0.5) is 0 Å². The number of hydrogen-bond acceptors (Lipinski definition) is 4. The number of aliphatic hydroxyl groups excluding tert-OH is 1. The zero-order chi connectivity index (χ0) is 11.4. The van der Waals surface area contributed by atoms with Crippen molar-refractivity contribution in [3.05, 3.63) is 0 Å². The van der Waals surface area contributed by atoms with Gasteiger partial charge in [0.25, 0.3) is 0 Å². The summed E-state index contributed by atoms with van der Waals surface area (Å²) in [6, 6.07) is -1.02. The predicted octanol–water partition coefficient (Wildman–Crippen LogP) is -1.76. The van der Waals surface area contributed by atoms with Crippen LogP contribution in [0.3, 0.4) is 0 Å². The highest BCUT2D eigenvalue weighted by Gasteiger charge is 2.24. The van der Waals surface area contributed by atoms with E-state index in [2.05, 4.69) is 10.3 Å². The van der Waals surface area contributed by atoms with Crippen LogP contribution in [-0.2, 0) is 9.59 Å². The first kappa shape index (κ1) is 11.4. The van der Waals surface area contributed by atoms with Gasteiger partial charge in [0.15, 0.2) is 6.04 Å². The lowest BCUT2D eigenvalue weighted by Crippen LogP contribution is -2.31. The molecule has 3 N–H and O–H groups in total. The van der Waals surface area contributed by atoms with Crippen molar-refractivity contribution in [1.82, 2.24) is 10.2 Å². The average Bonchev–Trinajstić information content (AvgIpc) is 2.44. The fourth-order valence-corrected chi connectivity index (χ4v) is 1.19. The smallest absolute Gasteiger partial charge is 0.328 e. The number of carboxylic acids is 1. The molecule has 0 bridgehead atoms. The van der Waals surface area contributed by atoms with Crippen molar-refractivity contribution in [2.75, 3.05) is 20.2 Å². The van der Waals surface area contributed by atoms with E-state index in [1.807, 2.05) is 0 Å². The van der Waals surface area contributed by atoms with Gasteiger partial charge in [0.05, 0.1) is 6.54 Å². The molecular weight excluding hydrogens is 202 g/mol. The number of aliphatic carboxylic acids is 1. The minimum Gasteiger partial charge on any atom is -0.480 e. The lowest BCUT2D eigenvalue weighted by atomic mass is 10.2. The molecule has 0 aromatic rings. The predicted molar refractivity (Wildman–Crippen MR) is 51.3 cm³/mol. The standard InChI is InChI=1S/C8H13N3O4/c1-11-4-6(13)10-8(11)9-5(2-3-12)7(14)15/h5,12H,2-4H2,1H3,(H,14,15)(H,9,10,13). The van der Waals surface area contributed by atoms with Crippen molar-refractivity contribution < 1.29 is 19.8 Å². The Hall–Kier alpha value is -1.63. The van der Waals surface area contributed by atoms with Gasteiger partial charge in [-0.25, -0.2) is 9.79 Å². The molecule has 1 heterocycles. The molecule has 84 valence electrons. The number of nitrogens with one attached hydrogen (secondary N) is 1. The van der Waals surface area contributed by atoms with Crippen molar-refractivity contribution in [2.45, 2.75) is 12.5 Å². The topological polar surface area (TPSA) is 102 Å². The quantitative estimate of drug-likeness (QED) is 0.515. The minimum atomic E-state index is -1.12. The largest absolute Gasteiger partial charge is 0.480 e. The van der Waals surface area contributed by atoms with Gasteiger partial charge in [-0.15, -0.1) is 0 Å². The zero-order valence-electron chi connectivity index (χ0n) is 8.30. The molecule has 7 nitrogen and oxygen atoms in total. The number of carbonyl (C=O) groups excluding carboxylic acids is 1. The Bertz CT molecular complexity index is 302. The molecule has 15 heavy (non-hydrogen) atoms. The minimum absolute atomic E-state index is 0.0303. The summed E-state index contributed by atoms with van der Waals surface area (Å²) < 4.78 is 0. The van der Waals surface area contributed by atoms with E-state index in [0.717, 1.165) is 0 Å². The van der Waals surface area contributed by atoms with Crippen LogP contribution in [0.25, 0.3) is 0 Å². The van der Waals surface area contributed by atoms with Crippen molar-refractivity contribution in [1.29, 1.82) is 0 Å². The van der Waals surface area contributed by atoms with Gasteiger partial charge in [-0.1, -0.05) is 0 Å². The van der Waals surface area contributed by atoms with E-state index >= 15 is 0 Å². The summed E-state index contributed by atoms with van der Waals surface area (Å²) in [5.74, 6) is -1.10. The second-order valence-electron chi connectivity index (χ2n) is 3.22. The van der Waals surface area contributed by atoms with Gasteiger partial charge in [-0.05, 0) is 0 Å². The normalized spacial score (nSPS) is 20.5. The highest BCUT2D eigenvalue weighted by molar-refractivity contribution is 6.04. The van der Waals surface area contributed by atoms with E-state index in [9.17, 15) is 9.59 Å². The summed E-state index contributed by atoms with van der Waals surface area (Å²) in [5.41, 5.74) is 0. The van der Waals surface area contributed by atoms with Crippen molar-refractivity contribution in [3.8, 4) is 0 Å². The SMILES string of the molecule is CN1CC(=O)NC1=NC(CCO)C(=O)O. The summed E-state index contributed by atoms with van der Waals surface area (Å²) >= 11 is 0. The third kappa shape index (κ3) is 2.91. The average molecular weight is 215 g/mol. The molecule has 1 aliphatic heterocycles. The molecule has 7 heteroatoms. The van der Waals surface area contributed by atoms with Crippen LogP contribution in [0.15, 0.2) is 4.99 Å². The van der Waals surface area contributed by atoms with Gasteiger partial charge in [-0.3, -0.25) is 10.1 Å². The molecule has 1 amide bonds. The Morgan fingerprint density at radius 2 is 2.40 bits per heavy atom. The second kappa shape index (κ2) is 4.74. The number of hydrogen-bond donors (Lipinski definition) is 3. The Balaban J connectivity index is 2.74. The summed E-state index contributed by atoms with van der Waals surface area (Å²) in [4.78, 5) is 27.0. The molecule has 0 aromatic carbocycles. The molecule has 1 saturated heterocycles. The molecule has 0 saturated carbocycles. The molecule has 1 unspecified atom stereocenters. The van der Waals surface area contributed by atoms with Crippen LogP contribution in [0, 0.1) is 0 Å². The third-order valence-corrected chi connectivity index (χ3v) is 1.96. The summed E-state index contributed by atoms with van der Waals surface area (Å²) in [6.45, 7) is -0.0876. The van der Waals surface area contributed by atoms with E-state index in [1.165, 1.54) is 4.90 Å². The fraction of sp³-hybridized carbons (Fsp3) is 0.625. The summed E-state index contributed by atoms with van der Waals surface area (Å²) in [7, 11) is 1.63. The van der Waals surface area contributed by atoms with Gasteiger partial charge < -0.3 is 15.1 Å². The summed E-state index contributed by atoms with van der Waals surface area (Å²) in [6.07, 6.45) is 0.0303. The highest BCUT2D eigenvalue weighted by atomic mass is 16.4. The zero-order valence-corrected chi connectivity index (χ0v) is 8.30. The van der Waals surface area contributed by atoms with E-state index < -0.39 is 12.0 Å². The molecule has 0 aliphatic carbocycles. The van der Waals surface area contributed by atoms with E-state index in [-0.39, 0.29) is 31.4 Å².